The molecule has 4 saturated carbocycles. The summed E-state index contributed by atoms with van der Waals surface area (Å²) in [6.07, 6.45) is 10.1. The van der Waals surface area contributed by atoms with Gasteiger partial charge >= 0.3 is 0 Å². The first-order valence-electron chi connectivity index (χ1n) is 14.4. The quantitative estimate of drug-likeness (QED) is 0.636. The zero-order valence-corrected chi connectivity index (χ0v) is 22.1. The number of carbonyl (C=O) groups is 3. The summed E-state index contributed by atoms with van der Waals surface area (Å²) in [5.74, 6) is 3.31. The van der Waals surface area contributed by atoms with Gasteiger partial charge in [0.25, 0.3) is 0 Å². The van der Waals surface area contributed by atoms with Crippen molar-refractivity contribution in [3.05, 3.63) is 29.8 Å². The number of piperidine rings is 1. The third-order valence-corrected chi connectivity index (χ3v) is 10.1. The minimum absolute atomic E-state index is 0.0504. The van der Waals surface area contributed by atoms with Gasteiger partial charge in [-0.05, 0) is 99.7 Å². The number of carbonyl (C=O) groups excluding carboxylic acids is 3. The minimum Gasteiger partial charge on any atom is -0.497 e. The van der Waals surface area contributed by atoms with Crippen LogP contribution in [-0.2, 0) is 20.9 Å². The van der Waals surface area contributed by atoms with Gasteiger partial charge in [0.2, 0.25) is 17.7 Å². The molecule has 1 aromatic carbocycles. The Morgan fingerprint density at radius 1 is 0.973 bits per heavy atom. The maximum atomic E-state index is 14.0. The molecular weight excluding hydrogens is 466 g/mol. The van der Waals surface area contributed by atoms with Gasteiger partial charge in [0.1, 0.15) is 11.8 Å². The molecule has 2 saturated heterocycles. The lowest BCUT2D eigenvalue weighted by Crippen LogP contribution is -2.58. The summed E-state index contributed by atoms with van der Waals surface area (Å²) in [6.45, 7) is 2.37. The molecular formula is C30H41N3O4. The number of likely N-dealkylation sites (tertiary alicyclic amines) is 2. The number of amides is 3. The van der Waals surface area contributed by atoms with E-state index in [0.29, 0.717) is 32.5 Å². The molecule has 37 heavy (non-hydrogen) atoms. The van der Waals surface area contributed by atoms with Gasteiger partial charge in [0.05, 0.1) is 12.5 Å². The van der Waals surface area contributed by atoms with Crippen LogP contribution < -0.4 is 10.1 Å². The predicted molar refractivity (Wildman–Crippen MR) is 139 cm³/mol. The van der Waals surface area contributed by atoms with Gasteiger partial charge in [-0.2, -0.15) is 0 Å². The summed E-state index contributed by atoms with van der Waals surface area (Å²) >= 11 is 0. The molecule has 3 amide bonds. The number of nitrogens with one attached hydrogen (secondary N) is 1. The molecule has 7 rings (SSSR count). The second-order valence-corrected chi connectivity index (χ2v) is 12.5. The summed E-state index contributed by atoms with van der Waals surface area (Å²) in [7, 11) is 1.64. The van der Waals surface area contributed by atoms with Crippen molar-refractivity contribution >= 4 is 17.7 Å². The van der Waals surface area contributed by atoms with E-state index < -0.39 is 0 Å². The molecule has 0 radical (unpaired) electrons. The van der Waals surface area contributed by atoms with Crippen molar-refractivity contribution in [2.24, 2.45) is 29.1 Å². The molecule has 4 aliphatic carbocycles. The molecule has 0 spiro atoms. The second kappa shape index (κ2) is 9.95. The number of rotatable bonds is 6. The van der Waals surface area contributed by atoms with E-state index in [4.69, 9.17) is 4.74 Å². The second-order valence-electron chi connectivity index (χ2n) is 12.5. The molecule has 0 unspecified atom stereocenters. The Balaban J connectivity index is 1.03. The maximum absolute atomic E-state index is 14.0. The average Bonchev–Trinajstić information content (AvgIpc) is 3.40. The Hall–Kier alpha value is -2.57. The van der Waals surface area contributed by atoms with Gasteiger partial charge in [0, 0.05) is 32.1 Å². The van der Waals surface area contributed by atoms with Crippen LogP contribution in [0, 0.1) is 29.1 Å². The fraction of sp³-hybridized carbons (Fsp3) is 0.700. The summed E-state index contributed by atoms with van der Waals surface area (Å²) < 4.78 is 5.26. The molecule has 2 aliphatic heterocycles. The molecule has 6 fully saturated rings. The third kappa shape index (κ3) is 4.74. The fourth-order valence-electron chi connectivity index (χ4n) is 8.63. The van der Waals surface area contributed by atoms with Crippen LogP contribution in [0.3, 0.4) is 0 Å². The summed E-state index contributed by atoms with van der Waals surface area (Å²) in [5.41, 5.74) is 0.816. The van der Waals surface area contributed by atoms with E-state index in [1.165, 1.54) is 19.3 Å². The Kier molecular flexibility index (Phi) is 6.66. The van der Waals surface area contributed by atoms with E-state index in [9.17, 15) is 14.4 Å². The Labute approximate surface area is 220 Å². The van der Waals surface area contributed by atoms with Crippen molar-refractivity contribution in [2.75, 3.05) is 26.7 Å². The first kappa shape index (κ1) is 24.7. The Bertz CT molecular complexity index is 1010. The van der Waals surface area contributed by atoms with E-state index in [0.717, 1.165) is 67.7 Å². The van der Waals surface area contributed by atoms with Crippen LogP contribution in [0.1, 0.15) is 69.8 Å². The first-order chi connectivity index (χ1) is 17.9. The summed E-state index contributed by atoms with van der Waals surface area (Å²) in [5, 5.41) is 3.05. The van der Waals surface area contributed by atoms with E-state index >= 15 is 0 Å². The molecule has 7 heteroatoms. The first-order valence-corrected chi connectivity index (χ1v) is 14.4. The van der Waals surface area contributed by atoms with Crippen molar-refractivity contribution in [3.8, 4) is 5.75 Å². The van der Waals surface area contributed by atoms with Gasteiger partial charge in [-0.25, -0.2) is 0 Å². The Morgan fingerprint density at radius 2 is 1.65 bits per heavy atom. The Morgan fingerprint density at radius 3 is 2.30 bits per heavy atom. The minimum atomic E-state index is -0.307. The molecule has 1 atom stereocenters. The van der Waals surface area contributed by atoms with Crippen LogP contribution in [-0.4, -0.2) is 60.3 Å². The van der Waals surface area contributed by atoms with E-state index in [1.807, 2.05) is 34.1 Å². The van der Waals surface area contributed by atoms with Crippen molar-refractivity contribution in [1.82, 2.24) is 15.1 Å². The monoisotopic (exact) mass is 507 g/mol. The summed E-state index contributed by atoms with van der Waals surface area (Å²) in [6, 6.07) is 7.41. The molecule has 0 aromatic heterocycles. The lowest BCUT2D eigenvalue weighted by atomic mass is 9.49. The molecule has 1 aromatic rings. The standard InChI is InChI=1S/C30H41N3O4/c1-37-25-5-2-4-20(15-25)19-31-27(34)24-7-10-32(11-8-24)28(35)26-6-3-9-33(26)29(36)30-16-21-12-22(17-30)14-23(13-21)18-30/h2,4-5,15,21-24,26H,3,6-14,16-19H2,1H3,(H,31,34)/t21?,22?,23?,26-,30?/m0/s1. The van der Waals surface area contributed by atoms with Crippen molar-refractivity contribution < 1.29 is 19.1 Å². The largest absolute Gasteiger partial charge is 0.497 e. The van der Waals surface area contributed by atoms with Crippen molar-refractivity contribution in [1.29, 1.82) is 0 Å². The highest BCUT2D eigenvalue weighted by atomic mass is 16.5. The van der Waals surface area contributed by atoms with Gasteiger partial charge < -0.3 is 19.9 Å². The molecule has 7 nitrogen and oxygen atoms in total. The van der Waals surface area contributed by atoms with E-state index in [-0.39, 0.29) is 35.1 Å². The predicted octanol–water partition coefficient (Wildman–Crippen LogP) is 3.76. The van der Waals surface area contributed by atoms with Crippen LogP contribution in [0.15, 0.2) is 24.3 Å². The topological polar surface area (TPSA) is 79.0 Å². The van der Waals surface area contributed by atoms with Gasteiger partial charge in [0.15, 0.2) is 0 Å². The highest BCUT2D eigenvalue weighted by Crippen LogP contribution is 2.60. The highest BCUT2D eigenvalue weighted by molar-refractivity contribution is 5.91. The molecule has 6 aliphatic rings. The summed E-state index contributed by atoms with van der Waals surface area (Å²) in [4.78, 5) is 44.3. The smallest absolute Gasteiger partial charge is 0.245 e. The maximum Gasteiger partial charge on any atom is 0.245 e. The van der Waals surface area contributed by atoms with Crippen LogP contribution in [0.4, 0.5) is 0 Å². The van der Waals surface area contributed by atoms with Crippen LogP contribution in [0.5, 0.6) is 5.75 Å². The van der Waals surface area contributed by atoms with Gasteiger partial charge in [-0.1, -0.05) is 12.1 Å². The fourth-order valence-corrected chi connectivity index (χ4v) is 8.63. The van der Waals surface area contributed by atoms with Crippen LogP contribution in [0.2, 0.25) is 0 Å². The number of benzene rings is 1. The lowest BCUT2D eigenvalue weighted by Gasteiger charge is -2.56. The number of hydrogen-bond donors (Lipinski definition) is 1. The van der Waals surface area contributed by atoms with E-state index in [1.54, 1.807) is 7.11 Å². The molecule has 200 valence electrons. The third-order valence-electron chi connectivity index (χ3n) is 10.1. The number of nitrogens with zero attached hydrogens (tertiary/aromatic N) is 2. The zero-order chi connectivity index (χ0) is 25.6. The average molecular weight is 508 g/mol. The van der Waals surface area contributed by atoms with Crippen molar-refractivity contribution in [3.63, 3.8) is 0 Å². The zero-order valence-electron chi connectivity index (χ0n) is 22.1. The lowest BCUT2D eigenvalue weighted by molar-refractivity contribution is -0.162. The van der Waals surface area contributed by atoms with E-state index in [2.05, 4.69) is 5.32 Å². The normalized spacial score (nSPS) is 33.0. The molecule has 1 N–H and O–H groups in total. The SMILES string of the molecule is COc1cccc(CNC(=O)C2CCN(C(=O)[C@@H]3CCCN3C(=O)C34CC5CC(CC(C5)C3)C4)CC2)c1. The molecule has 2 heterocycles. The number of methoxy groups -OCH3 is 1. The van der Waals surface area contributed by atoms with Gasteiger partial charge in [-0.3, -0.25) is 14.4 Å². The number of hydrogen-bond acceptors (Lipinski definition) is 4. The highest BCUT2D eigenvalue weighted by Gasteiger charge is 2.57. The van der Waals surface area contributed by atoms with Crippen LogP contribution >= 0.6 is 0 Å². The van der Waals surface area contributed by atoms with Gasteiger partial charge in [-0.15, -0.1) is 0 Å². The molecule has 4 bridgehead atoms. The van der Waals surface area contributed by atoms with Crippen LogP contribution in [0.25, 0.3) is 0 Å². The number of ether oxygens (including phenoxy) is 1. The van der Waals surface area contributed by atoms with Crippen molar-refractivity contribution in [2.45, 2.75) is 76.8 Å².